The van der Waals surface area contributed by atoms with E-state index in [1.807, 2.05) is 12.1 Å². The minimum atomic E-state index is -0.110. The van der Waals surface area contributed by atoms with Crippen LogP contribution in [0.15, 0.2) is 30.5 Å². The second-order valence-electron chi connectivity index (χ2n) is 9.30. The number of phenols is 1. The van der Waals surface area contributed by atoms with E-state index in [2.05, 4.69) is 29.3 Å². The summed E-state index contributed by atoms with van der Waals surface area (Å²) in [4.78, 5) is 24.1. The summed E-state index contributed by atoms with van der Waals surface area (Å²) in [6.07, 6.45) is 6.03. The monoisotopic (exact) mass is 482 g/mol. The number of aromatic nitrogens is 2. The molecule has 180 valence electrons. The van der Waals surface area contributed by atoms with Gasteiger partial charge in [0.15, 0.2) is 17.3 Å². The van der Waals surface area contributed by atoms with E-state index in [0.717, 1.165) is 37.9 Å². The molecule has 0 bridgehead atoms. The Hall–Kier alpha value is -2.90. The normalized spacial score (nSPS) is 18.3. The van der Waals surface area contributed by atoms with E-state index in [-0.39, 0.29) is 28.3 Å². The molecule has 1 fully saturated rings. The molecule has 1 aromatic carbocycles. The maximum atomic E-state index is 12.5. The molecule has 0 atom stereocenters. The van der Waals surface area contributed by atoms with Crippen molar-refractivity contribution in [1.82, 2.24) is 14.9 Å². The molecule has 34 heavy (non-hydrogen) atoms. The highest BCUT2D eigenvalue weighted by Crippen LogP contribution is 2.39. The summed E-state index contributed by atoms with van der Waals surface area (Å²) in [6.45, 7) is 2.66. The number of nitrogens with zero attached hydrogens (tertiary/aromatic N) is 3. The number of halogens is 1. The van der Waals surface area contributed by atoms with Crippen LogP contribution in [-0.2, 0) is 0 Å². The molecule has 2 heterocycles. The number of Topliss-reactive ketones (excluding diaryl/α,β-unsaturated/α-hetero) is 1. The van der Waals surface area contributed by atoms with E-state index in [4.69, 9.17) is 21.3 Å². The van der Waals surface area contributed by atoms with Crippen LogP contribution in [-0.4, -0.2) is 59.5 Å². The number of pyridine rings is 2. The highest BCUT2D eigenvalue weighted by molar-refractivity contribution is 6.32. The number of aromatic hydroxyl groups is 1. The fraction of sp³-hybridized carbons (Fsp3) is 0.423. The molecule has 0 saturated heterocycles. The molecule has 1 aliphatic rings. The first-order valence-electron chi connectivity index (χ1n) is 11.6. The Labute approximate surface area is 205 Å². The zero-order valence-electron chi connectivity index (χ0n) is 20.1. The predicted molar refractivity (Wildman–Crippen MR) is 136 cm³/mol. The van der Waals surface area contributed by atoms with Crippen LogP contribution in [0.25, 0.3) is 22.3 Å². The van der Waals surface area contributed by atoms with Crippen molar-refractivity contribution in [3.05, 3.63) is 41.0 Å². The van der Waals surface area contributed by atoms with E-state index in [0.29, 0.717) is 33.8 Å². The number of ketones is 1. The van der Waals surface area contributed by atoms with Crippen molar-refractivity contribution in [2.75, 3.05) is 33.1 Å². The van der Waals surface area contributed by atoms with E-state index in [9.17, 15) is 9.90 Å². The van der Waals surface area contributed by atoms with Crippen LogP contribution < -0.4 is 10.1 Å². The van der Waals surface area contributed by atoms with Crippen molar-refractivity contribution >= 4 is 34.1 Å². The minimum Gasteiger partial charge on any atom is -0.503 e. The summed E-state index contributed by atoms with van der Waals surface area (Å²) < 4.78 is 5.25. The van der Waals surface area contributed by atoms with Crippen molar-refractivity contribution in [2.24, 2.45) is 5.92 Å². The van der Waals surface area contributed by atoms with Gasteiger partial charge in [-0.25, -0.2) is 4.98 Å². The van der Waals surface area contributed by atoms with E-state index in [1.54, 1.807) is 25.3 Å². The molecular weight excluding hydrogens is 452 g/mol. The van der Waals surface area contributed by atoms with Gasteiger partial charge in [-0.05, 0) is 76.9 Å². The summed E-state index contributed by atoms with van der Waals surface area (Å²) in [6, 6.07) is 7.34. The highest BCUT2D eigenvalue weighted by atomic mass is 35.5. The number of anilines is 1. The van der Waals surface area contributed by atoms with Gasteiger partial charge in [-0.2, -0.15) is 0 Å². The third-order valence-electron chi connectivity index (χ3n) is 6.45. The van der Waals surface area contributed by atoms with Gasteiger partial charge in [0.1, 0.15) is 5.52 Å². The third kappa shape index (κ3) is 5.10. The number of carbonyl (C=O) groups is 1. The number of nitrogens with one attached hydrogen (secondary N) is 1. The average Bonchev–Trinajstić information content (AvgIpc) is 2.81. The Bertz CT molecular complexity index is 1210. The molecule has 0 spiro atoms. The predicted octanol–water partition coefficient (Wildman–Crippen LogP) is 5.40. The van der Waals surface area contributed by atoms with Gasteiger partial charge in [-0.15, -0.1) is 0 Å². The third-order valence-corrected chi connectivity index (χ3v) is 6.74. The Morgan fingerprint density at radius 3 is 2.62 bits per heavy atom. The fourth-order valence-corrected chi connectivity index (χ4v) is 4.94. The smallest absolute Gasteiger partial charge is 0.176 e. The van der Waals surface area contributed by atoms with Gasteiger partial charge < -0.3 is 20.1 Å². The first-order chi connectivity index (χ1) is 16.3. The van der Waals surface area contributed by atoms with Gasteiger partial charge in [-0.1, -0.05) is 11.6 Å². The van der Waals surface area contributed by atoms with E-state index >= 15 is 0 Å². The van der Waals surface area contributed by atoms with E-state index in [1.165, 1.54) is 7.11 Å². The van der Waals surface area contributed by atoms with Crippen LogP contribution in [0, 0.1) is 5.92 Å². The maximum absolute atomic E-state index is 12.5. The fourth-order valence-electron chi connectivity index (χ4n) is 4.73. The van der Waals surface area contributed by atoms with Gasteiger partial charge in [0, 0.05) is 24.3 Å². The number of ether oxygens (including phenoxy) is 1. The largest absolute Gasteiger partial charge is 0.503 e. The standard InChI is InChI=1S/C26H31ClN4O3/c1-15(32)19-13-28-22-10-9-21(17-11-20(27)26(33)23(12-17)34-4)30-25(22)24(19)29-18-7-5-16(6-8-18)14-31(2)3/h9-13,16,18,33H,5-8,14H2,1-4H3,(H,28,29)/t16-,18-. The number of methoxy groups -OCH3 is 1. The number of fused-ring (bicyclic) bond motifs is 1. The average molecular weight is 483 g/mol. The zero-order valence-corrected chi connectivity index (χ0v) is 20.8. The summed E-state index contributed by atoms with van der Waals surface area (Å²) in [5.74, 6) is 0.808. The molecule has 2 aromatic heterocycles. The van der Waals surface area contributed by atoms with Gasteiger partial charge in [0.2, 0.25) is 0 Å². The quantitative estimate of drug-likeness (QED) is 0.436. The summed E-state index contributed by atoms with van der Waals surface area (Å²) >= 11 is 6.21. The summed E-state index contributed by atoms with van der Waals surface area (Å²) in [7, 11) is 5.71. The molecule has 3 aromatic rings. The molecule has 0 aliphatic heterocycles. The lowest BCUT2D eigenvalue weighted by atomic mass is 9.85. The van der Waals surface area contributed by atoms with Crippen LogP contribution in [0.2, 0.25) is 5.02 Å². The molecule has 8 heteroatoms. The Morgan fingerprint density at radius 1 is 1.24 bits per heavy atom. The van der Waals surface area contributed by atoms with Gasteiger partial charge >= 0.3 is 0 Å². The van der Waals surface area contributed by atoms with Crippen LogP contribution in [0.3, 0.4) is 0 Å². The van der Waals surface area contributed by atoms with Gasteiger partial charge in [0.25, 0.3) is 0 Å². The van der Waals surface area contributed by atoms with Crippen molar-refractivity contribution in [3.63, 3.8) is 0 Å². The Morgan fingerprint density at radius 2 is 1.97 bits per heavy atom. The topological polar surface area (TPSA) is 87.6 Å². The van der Waals surface area contributed by atoms with Crippen molar-refractivity contribution in [1.29, 1.82) is 0 Å². The number of phenolic OH excluding ortho intramolecular Hbond substituents is 1. The highest BCUT2D eigenvalue weighted by Gasteiger charge is 2.24. The van der Waals surface area contributed by atoms with Crippen LogP contribution in [0.5, 0.6) is 11.5 Å². The van der Waals surface area contributed by atoms with Crippen molar-refractivity contribution < 1.29 is 14.6 Å². The van der Waals surface area contributed by atoms with Crippen LogP contribution in [0.1, 0.15) is 43.0 Å². The Kier molecular flexibility index (Phi) is 7.24. The molecule has 7 nitrogen and oxygen atoms in total. The molecule has 4 rings (SSSR count). The molecule has 1 aliphatic carbocycles. The number of rotatable bonds is 7. The first-order valence-corrected chi connectivity index (χ1v) is 11.9. The number of carbonyl (C=O) groups excluding carboxylic acids is 1. The molecule has 0 unspecified atom stereocenters. The lowest BCUT2D eigenvalue weighted by Crippen LogP contribution is -2.31. The van der Waals surface area contributed by atoms with Crippen molar-refractivity contribution in [2.45, 2.75) is 38.6 Å². The van der Waals surface area contributed by atoms with E-state index < -0.39 is 0 Å². The van der Waals surface area contributed by atoms with Gasteiger partial charge in [-0.3, -0.25) is 9.78 Å². The number of hydrogen-bond acceptors (Lipinski definition) is 7. The molecule has 0 amide bonds. The molecule has 2 N–H and O–H groups in total. The lowest BCUT2D eigenvalue weighted by Gasteiger charge is -2.31. The second kappa shape index (κ2) is 10.2. The van der Waals surface area contributed by atoms with Gasteiger partial charge in [0.05, 0.1) is 34.6 Å². The summed E-state index contributed by atoms with van der Waals surface area (Å²) in [5, 5.41) is 13.9. The van der Waals surface area contributed by atoms with Crippen LogP contribution in [0.4, 0.5) is 5.69 Å². The second-order valence-corrected chi connectivity index (χ2v) is 9.71. The number of hydrogen-bond donors (Lipinski definition) is 2. The minimum absolute atomic E-state index is 0.0558. The number of benzene rings is 1. The molecule has 0 radical (unpaired) electrons. The first kappa shape index (κ1) is 24.2. The molecular formula is C26H31ClN4O3. The summed E-state index contributed by atoms with van der Waals surface area (Å²) in [5.41, 5.74) is 3.96. The van der Waals surface area contributed by atoms with Crippen LogP contribution >= 0.6 is 11.6 Å². The Balaban J connectivity index is 1.71. The maximum Gasteiger partial charge on any atom is 0.176 e. The molecule has 1 saturated carbocycles. The zero-order chi connectivity index (χ0) is 24.4. The SMILES string of the molecule is COc1cc(-c2ccc3ncc(C(C)=O)c(N[C@H]4CC[C@H](CN(C)C)CC4)c3n2)cc(Cl)c1O. The van der Waals surface area contributed by atoms with Crippen molar-refractivity contribution in [3.8, 4) is 22.8 Å². The lowest BCUT2D eigenvalue weighted by molar-refractivity contribution is 0.101.